The summed E-state index contributed by atoms with van der Waals surface area (Å²) in [5.41, 5.74) is 2.68. The molecule has 1 aliphatic heterocycles. The summed E-state index contributed by atoms with van der Waals surface area (Å²) in [6.07, 6.45) is 2.07. The molecule has 5 nitrogen and oxygen atoms in total. The van der Waals surface area contributed by atoms with Gasteiger partial charge in [0.15, 0.2) is 0 Å². The van der Waals surface area contributed by atoms with Gasteiger partial charge in [-0.05, 0) is 48.9 Å². The molecule has 1 saturated heterocycles. The number of nitrogens with one attached hydrogen (secondary N) is 1. The fourth-order valence-electron chi connectivity index (χ4n) is 3.11. The van der Waals surface area contributed by atoms with E-state index in [1.165, 1.54) is 11.1 Å². The second kappa shape index (κ2) is 8.48. The number of piperidine rings is 1. The number of likely N-dealkylation sites (tertiary alicyclic amines) is 1. The van der Waals surface area contributed by atoms with Crippen molar-refractivity contribution in [3.8, 4) is 0 Å². The van der Waals surface area contributed by atoms with Gasteiger partial charge >= 0.3 is 5.97 Å². The van der Waals surface area contributed by atoms with Crippen molar-refractivity contribution in [1.29, 1.82) is 0 Å². The summed E-state index contributed by atoms with van der Waals surface area (Å²) in [6, 6.07) is 8.57. The van der Waals surface area contributed by atoms with Gasteiger partial charge in [-0.15, -0.1) is 0 Å². The fraction of sp³-hybridized carbons (Fsp3) is 0.600. The van der Waals surface area contributed by atoms with Gasteiger partial charge in [-0.25, -0.2) is 0 Å². The topological polar surface area (TPSA) is 69.6 Å². The van der Waals surface area contributed by atoms with Crippen molar-refractivity contribution < 1.29 is 14.7 Å². The lowest BCUT2D eigenvalue weighted by molar-refractivity contribution is -0.143. The lowest BCUT2D eigenvalue weighted by Gasteiger charge is -2.29. The smallest absolute Gasteiger partial charge is 0.306 e. The Morgan fingerprint density at radius 2 is 1.76 bits per heavy atom. The molecule has 0 bridgehead atoms. The molecular formula is C20H30N2O3. The molecule has 0 radical (unpaired) electrons. The second-order valence-corrected chi connectivity index (χ2v) is 7.94. The molecule has 1 amide bonds. The molecular weight excluding hydrogens is 316 g/mol. The number of nitrogens with zero attached hydrogens (tertiary/aromatic N) is 1. The van der Waals surface area contributed by atoms with Crippen LogP contribution in [0, 0.1) is 5.92 Å². The van der Waals surface area contributed by atoms with Crippen molar-refractivity contribution in [3.63, 3.8) is 0 Å². The molecule has 2 N–H and O–H groups in total. The van der Waals surface area contributed by atoms with E-state index in [9.17, 15) is 9.59 Å². The summed E-state index contributed by atoms with van der Waals surface area (Å²) >= 11 is 0. The first-order chi connectivity index (χ1) is 11.8. The van der Waals surface area contributed by atoms with Gasteiger partial charge in [0, 0.05) is 6.54 Å². The van der Waals surface area contributed by atoms with E-state index in [0.29, 0.717) is 39.0 Å². The zero-order valence-corrected chi connectivity index (χ0v) is 15.5. The average Bonchev–Trinajstić information content (AvgIpc) is 2.55. The van der Waals surface area contributed by atoms with E-state index >= 15 is 0 Å². The van der Waals surface area contributed by atoms with Gasteiger partial charge in [-0.2, -0.15) is 0 Å². The van der Waals surface area contributed by atoms with Crippen LogP contribution >= 0.6 is 0 Å². The Labute approximate surface area is 150 Å². The summed E-state index contributed by atoms with van der Waals surface area (Å²) in [5.74, 6) is -0.961. The Morgan fingerprint density at radius 1 is 1.16 bits per heavy atom. The van der Waals surface area contributed by atoms with Crippen molar-refractivity contribution in [2.45, 2.75) is 45.4 Å². The molecule has 0 spiro atoms. The molecule has 0 unspecified atom stereocenters. The molecule has 2 rings (SSSR count). The highest BCUT2D eigenvalue weighted by Gasteiger charge is 2.25. The first-order valence-corrected chi connectivity index (χ1v) is 9.07. The molecule has 1 aromatic rings. The lowest BCUT2D eigenvalue weighted by atomic mass is 9.86. The first-order valence-electron chi connectivity index (χ1n) is 9.07. The lowest BCUT2D eigenvalue weighted by Crippen LogP contribution is -2.43. The second-order valence-electron chi connectivity index (χ2n) is 7.94. The van der Waals surface area contributed by atoms with E-state index < -0.39 is 5.97 Å². The zero-order valence-electron chi connectivity index (χ0n) is 15.5. The maximum atomic E-state index is 12.0. The van der Waals surface area contributed by atoms with E-state index in [-0.39, 0.29) is 17.2 Å². The van der Waals surface area contributed by atoms with Crippen LogP contribution in [0.15, 0.2) is 24.3 Å². The third kappa shape index (κ3) is 6.16. The van der Waals surface area contributed by atoms with E-state index in [4.69, 9.17) is 5.11 Å². The largest absolute Gasteiger partial charge is 0.481 e. The van der Waals surface area contributed by atoms with E-state index in [2.05, 4.69) is 50.4 Å². The minimum atomic E-state index is -0.721. The Kier molecular flexibility index (Phi) is 6.59. The highest BCUT2D eigenvalue weighted by molar-refractivity contribution is 5.78. The minimum Gasteiger partial charge on any atom is -0.481 e. The standard InChI is InChI=1S/C20H30N2O3/c1-20(2,3)17-6-4-15(5-7-17)8-11-21-18(23)14-22-12-9-16(10-13-22)19(24)25/h4-7,16H,8-14H2,1-3H3,(H,21,23)(H,24,25). The number of carboxylic acids is 1. The molecule has 5 heteroatoms. The zero-order chi connectivity index (χ0) is 18.4. The number of carbonyl (C=O) groups excluding carboxylic acids is 1. The SMILES string of the molecule is CC(C)(C)c1ccc(CCNC(=O)CN2CCC(C(=O)O)CC2)cc1. The summed E-state index contributed by atoms with van der Waals surface area (Å²) in [5, 5.41) is 12.0. The number of hydrogen-bond acceptors (Lipinski definition) is 3. The number of amides is 1. The van der Waals surface area contributed by atoms with Gasteiger partial charge in [-0.3, -0.25) is 14.5 Å². The molecule has 25 heavy (non-hydrogen) atoms. The van der Waals surface area contributed by atoms with Crippen molar-refractivity contribution in [2.75, 3.05) is 26.2 Å². The fourth-order valence-corrected chi connectivity index (χ4v) is 3.11. The van der Waals surface area contributed by atoms with E-state index in [1.54, 1.807) is 0 Å². The van der Waals surface area contributed by atoms with Crippen molar-refractivity contribution in [2.24, 2.45) is 5.92 Å². The summed E-state index contributed by atoms with van der Waals surface area (Å²) in [4.78, 5) is 25.0. The summed E-state index contributed by atoms with van der Waals surface area (Å²) in [7, 11) is 0. The van der Waals surface area contributed by atoms with Crippen LogP contribution in [0.5, 0.6) is 0 Å². The van der Waals surface area contributed by atoms with Gasteiger partial charge in [0.05, 0.1) is 12.5 Å². The first kappa shape index (κ1) is 19.4. The molecule has 1 aromatic carbocycles. The van der Waals surface area contributed by atoms with Crippen LogP contribution in [-0.4, -0.2) is 48.1 Å². The minimum absolute atomic E-state index is 0.0140. The number of aliphatic carboxylic acids is 1. The number of hydrogen-bond donors (Lipinski definition) is 2. The molecule has 138 valence electrons. The van der Waals surface area contributed by atoms with Crippen LogP contribution < -0.4 is 5.32 Å². The maximum absolute atomic E-state index is 12.0. The highest BCUT2D eigenvalue weighted by Crippen LogP contribution is 2.22. The normalized spacial score (nSPS) is 16.6. The van der Waals surface area contributed by atoms with Crippen LogP contribution in [0.4, 0.5) is 0 Å². The van der Waals surface area contributed by atoms with Crippen molar-refractivity contribution in [1.82, 2.24) is 10.2 Å². The van der Waals surface area contributed by atoms with Gasteiger partial charge in [0.25, 0.3) is 0 Å². The van der Waals surface area contributed by atoms with Crippen LogP contribution in [0.1, 0.15) is 44.7 Å². The summed E-state index contributed by atoms with van der Waals surface area (Å²) < 4.78 is 0. The summed E-state index contributed by atoms with van der Waals surface area (Å²) in [6.45, 7) is 8.93. The Morgan fingerprint density at radius 3 is 2.28 bits per heavy atom. The van der Waals surface area contributed by atoms with Crippen LogP contribution in [0.2, 0.25) is 0 Å². The van der Waals surface area contributed by atoms with Gasteiger partial charge < -0.3 is 10.4 Å². The Balaban J connectivity index is 1.68. The predicted molar refractivity (Wildman–Crippen MR) is 98.7 cm³/mol. The third-order valence-electron chi connectivity index (χ3n) is 4.86. The average molecular weight is 346 g/mol. The molecule has 0 saturated carbocycles. The van der Waals surface area contributed by atoms with Crippen molar-refractivity contribution >= 4 is 11.9 Å². The number of carboxylic acid groups (broad SMARTS) is 1. The molecule has 0 aliphatic carbocycles. The van der Waals surface area contributed by atoms with Gasteiger partial charge in [0.1, 0.15) is 0 Å². The van der Waals surface area contributed by atoms with Crippen LogP contribution in [-0.2, 0) is 21.4 Å². The third-order valence-corrected chi connectivity index (χ3v) is 4.86. The maximum Gasteiger partial charge on any atom is 0.306 e. The number of benzene rings is 1. The molecule has 0 atom stereocenters. The number of carbonyl (C=O) groups is 2. The molecule has 1 aliphatic rings. The van der Waals surface area contributed by atoms with Crippen LogP contribution in [0.3, 0.4) is 0 Å². The molecule has 1 fully saturated rings. The molecule has 1 heterocycles. The highest BCUT2D eigenvalue weighted by atomic mass is 16.4. The quantitative estimate of drug-likeness (QED) is 0.830. The molecule has 0 aromatic heterocycles. The van der Waals surface area contributed by atoms with Gasteiger partial charge in [0.2, 0.25) is 5.91 Å². The van der Waals surface area contributed by atoms with Gasteiger partial charge in [-0.1, -0.05) is 45.0 Å². The monoisotopic (exact) mass is 346 g/mol. The Hall–Kier alpha value is -1.88. The van der Waals surface area contributed by atoms with E-state index in [0.717, 1.165) is 6.42 Å². The Bertz CT molecular complexity index is 582. The van der Waals surface area contributed by atoms with Crippen LogP contribution in [0.25, 0.3) is 0 Å². The van der Waals surface area contributed by atoms with Crippen molar-refractivity contribution in [3.05, 3.63) is 35.4 Å². The van der Waals surface area contributed by atoms with E-state index in [1.807, 2.05) is 4.90 Å². The predicted octanol–water partition coefficient (Wildman–Crippen LogP) is 2.44. The number of rotatable bonds is 6.